The van der Waals surface area contributed by atoms with Gasteiger partial charge in [-0.1, -0.05) is 0 Å². The van der Waals surface area contributed by atoms with Gasteiger partial charge in [-0.15, -0.1) is 0 Å². The van der Waals surface area contributed by atoms with E-state index >= 15 is 0 Å². The normalized spacial score (nSPS) is 29.3. The van der Waals surface area contributed by atoms with Gasteiger partial charge in [-0.25, -0.2) is 0 Å². The average molecular weight is 272 g/mol. The van der Waals surface area contributed by atoms with Crippen LogP contribution in [0.4, 0.5) is 0 Å². The van der Waals surface area contributed by atoms with Crippen molar-refractivity contribution in [2.45, 2.75) is 32.2 Å². The summed E-state index contributed by atoms with van der Waals surface area (Å²) in [6, 6.07) is 4.32. The van der Waals surface area contributed by atoms with Gasteiger partial charge in [0.05, 0.1) is 9.35 Å². The first-order valence-electron chi connectivity index (χ1n) is 12.8. The summed E-state index contributed by atoms with van der Waals surface area (Å²) in [5, 5.41) is 0.452. The summed E-state index contributed by atoms with van der Waals surface area (Å²) in [5.74, 6) is 0.533. The van der Waals surface area contributed by atoms with Crippen LogP contribution in [0.5, 0.6) is 5.75 Å². The number of likely N-dealkylation sites (N-methyl/N-ethyl adjacent to an activating group) is 1. The standard InChI is InChI=1S/C16H22N2O/c1-16(2,17(3)4)11-18-9-7-12-13-8-10-19-15(13)6-5-14(12)18/h5-7,9H,8,10-11H2,1-4H3/i1D3,2D3,3D3,4D3,11D2. The Labute approximate surface area is 134 Å². The van der Waals surface area contributed by atoms with Crippen LogP contribution in [-0.4, -0.2) is 35.6 Å². The van der Waals surface area contributed by atoms with E-state index in [1.807, 2.05) is 0 Å². The maximum Gasteiger partial charge on any atom is 0.123 e. The Bertz CT molecular complexity index is 1010. The van der Waals surface area contributed by atoms with Crippen molar-refractivity contribution in [2.24, 2.45) is 0 Å². The molecule has 102 valence electrons. The molecule has 3 nitrogen and oxygen atoms in total. The summed E-state index contributed by atoms with van der Waals surface area (Å²) in [7, 11) is 0. The lowest BCUT2D eigenvalue weighted by Crippen LogP contribution is -2.41. The summed E-state index contributed by atoms with van der Waals surface area (Å²) in [6.07, 6.45) is 1.56. The Morgan fingerprint density at radius 2 is 2.32 bits per heavy atom. The number of nitrogens with zero attached hydrogens (tertiary/aromatic N) is 2. The average Bonchev–Trinajstić information content (AvgIpc) is 3.20. The van der Waals surface area contributed by atoms with Crippen LogP contribution in [0, 0.1) is 0 Å². The Morgan fingerprint density at radius 1 is 1.42 bits per heavy atom. The molecule has 2 aromatic rings. The van der Waals surface area contributed by atoms with Gasteiger partial charge in [-0.3, -0.25) is 0 Å². The molecule has 1 aromatic heterocycles. The van der Waals surface area contributed by atoms with Crippen molar-refractivity contribution in [2.75, 3.05) is 20.6 Å². The predicted molar refractivity (Wildman–Crippen MR) is 78.9 cm³/mol. The van der Waals surface area contributed by atoms with Crippen LogP contribution in [0.2, 0.25) is 0 Å². The lowest BCUT2D eigenvalue weighted by molar-refractivity contribution is 0.171. The zero-order chi connectivity index (χ0) is 25.4. The van der Waals surface area contributed by atoms with Crippen molar-refractivity contribution in [1.29, 1.82) is 0 Å². The first-order valence-corrected chi connectivity index (χ1v) is 5.76. The Balaban J connectivity index is 2.47. The number of rotatable bonds is 3. The minimum Gasteiger partial charge on any atom is -0.493 e. The largest absolute Gasteiger partial charge is 0.493 e. The molecule has 1 aliphatic heterocycles. The van der Waals surface area contributed by atoms with E-state index in [1.165, 1.54) is 18.2 Å². The molecule has 0 N–H and O–H groups in total. The van der Waals surface area contributed by atoms with E-state index in [-0.39, 0.29) is 5.52 Å². The zero-order valence-corrected chi connectivity index (χ0v) is 10.0. The molecule has 0 spiro atoms. The lowest BCUT2D eigenvalue weighted by Gasteiger charge is -2.33. The molecule has 0 saturated carbocycles. The molecule has 0 atom stereocenters. The first-order chi connectivity index (χ1) is 14.7. The molecule has 1 aromatic carbocycles. The summed E-state index contributed by atoms with van der Waals surface area (Å²) < 4.78 is 118. The third-order valence-corrected chi connectivity index (χ3v) is 3.17. The van der Waals surface area contributed by atoms with Crippen molar-refractivity contribution in [3.05, 3.63) is 30.0 Å². The van der Waals surface area contributed by atoms with Gasteiger partial charge in [0, 0.05) is 57.6 Å². The summed E-state index contributed by atoms with van der Waals surface area (Å²) in [5.41, 5.74) is -3.23. The SMILES string of the molecule is [2H]C([2H])([2H])N(C([2H])([2H])[2H])C(C([2H])([2H])[2H])(C([2H])([2H])[2H])C([2H])([2H])n1ccc2c3c(ccc21)OCC3. The van der Waals surface area contributed by atoms with Crippen LogP contribution in [0.15, 0.2) is 24.4 Å². The quantitative estimate of drug-likeness (QED) is 0.855. The molecule has 0 saturated heterocycles. The van der Waals surface area contributed by atoms with Crippen LogP contribution in [0.1, 0.15) is 38.5 Å². The molecule has 0 radical (unpaired) electrons. The number of hydrogen-bond donors (Lipinski definition) is 0. The molecule has 0 fully saturated rings. The Morgan fingerprint density at radius 3 is 3.11 bits per heavy atom. The highest BCUT2D eigenvalue weighted by molar-refractivity contribution is 5.86. The highest BCUT2D eigenvalue weighted by Crippen LogP contribution is 2.33. The van der Waals surface area contributed by atoms with E-state index in [0.717, 1.165) is 6.20 Å². The number of hydrogen-bond acceptors (Lipinski definition) is 2. The molecule has 19 heavy (non-hydrogen) atoms. The third-order valence-electron chi connectivity index (χ3n) is 3.17. The minimum absolute atomic E-state index is 0.0677. The van der Waals surface area contributed by atoms with Gasteiger partial charge in [-0.05, 0) is 45.9 Å². The van der Waals surface area contributed by atoms with Gasteiger partial charge in [0.2, 0.25) is 0 Å². The second-order valence-corrected chi connectivity index (χ2v) is 4.42. The van der Waals surface area contributed by atoms with E-state index in [2.05, 4.69) is 0 Å². The van der Waals surface area contributed by atoms with Crippen LogP contribution in [0.3, 0.4) is 0 Å². The van der Waals surface area contributed by atoms with Crippen molar-refractivity contribution in [3.8, 4) is 5.75 Å². The second-order valence-electron chi connectivity index (χ2n) is 4.42. The fourth-order valence-corrected chi connectivity index (χ4v) is 2.24. The van der Waals surface area contributed by atoms with E-state index in [4.69, 9.17) is 23.9 Å². The molecule has 3 heteroatoms. The van der Waals surface area contributed by atoms with E-state index in [9.17, 15) is 0 Å². The van der Waals surface area contributed by atoms with Crippen molar-refractivity contribution in [3.63, 3.8) is 0 Å². The summed E-state index contributed by atoms with van der Waals surface area (Å²) in [6.45, 7) is -18.7. The fraction of sp³-hybridized carbons (Fsp3) is 0.500. The fourth-order valence-electron chi connectivity index (χ4n) is 2.24. The number of aromatic nitrogens is 1. The van der Waals surface area contributed by atoms with Crippen LogP contribution in [0.25, 0.3) is 10.9 Å². The molecule has 3 rings (SSSR count). The van der Waals surface area contributed by atoms with Gasteiger partial charge in [0.1, 0.15) is 5.75 Å². The first kappa shape index (κ1) is 4.26. The van der Waals surface area contributed by atoms with Gasteiger partial charge in [0.25, 0.3) is 0 Å². The number of benzene rings is 1. The zero-order valence-electron chi connectivity index (χ0n) is 24.0. The topological polar surface area (TPSA) is 17.4 Å². The molecule has 2 heterocycles. The maximum atomic E-state index is 8.81. The Kier molecular flexibility index (Phi) is 0.957. The van der Waals surface area contributed by atoms with E-state index in [0.29, 0.717) is 34.3 Å². The van der Waals surface area contributed by atoms with Gasteiger partial charge < -0.3 is 14.2 Å². The monoisotopic (exact) mass is 272 g/mol. The van der Waals surface area contributed by atoms with Gasteiger partial charge in [-0.2, -0.15) is 0 Å². The molecule has 0 aliphatic carbocycles. The Hall–Kier alpha value is -1.48. The number of fused-ring (bicyclic) bond motifs is 3. The van der Waals surface area contributed by atoms with E-state index < -0.39 is 44.6 Å². The maximum absolute atomic E-state index is 8.81. The van der Waals surface area contributed by atoms with Crippen molar-refractivity contribution < 1.29 is 23.9 Å². The van der Waals surface area contributed by atoms with Crippen molar-refractivity contribution in [1.82, 2.24) is 9.47 Å². The van der Waals surface area contributed by atoms with E-state index in [1.54, 1.807) is 0 Å². The summed E-state index contributed by atoms with van der Waals surface area (Å²) in [4.78, 5) is -0.657. The molecule has 0 bridgehead atoms. The highest BCUT2D eigenvalue weighted by atomic mass is 16.5. The predicted octanol–water partition coefficient (Wildman–Crippen LogP) is 2.92. The van der Waals surface area contributed by atoms with Gasteiger partial charge >= 0.3 is 0 Å². The molecule has 0 unspecified atom stereocenters. The minimum atomic E-state index is -4.00. The molecule has 1 aliphatic rings. The second kappa shape index (κ2) is 4.27. The van der Waals surface area contributed by atoms with Crippen molar-refractivity contribution >= 4 is 10.9 Å². The molecule has 0 amide bonds. The third kappa shape index (κ3) is 2.02. The van der Waals surface area contributed by atoms with Crippen LogP contribution >= 0.6 is 0 Å². The van der Waals surface area contributed by atoms with Crippen LogP contribution < -0.4 is 4.74 Å². The van der Waals surface area contributed by atoms with Gasteiger partial charge in [0.15, 0.2) is 0 Å². The lowest BCUT2D eigenvalue weighted by atomic mass is 10.0. The highest BCUT2D eigenvalue weighted by Gasteiger charge is 2.23. The molecular weight excluding hydrogens is 236 g/mol. The molecular formula is C16H22N2O. The smallest absolute Gasteiger partial charge is 0.123 e. The number of ether oxygens (including phenoxy) is 1. The van der Waals surface area contributed by atoms with Crippen LogP contribution in [-0.2, 0) is 12.9 Å². The summed E-state index contributed by atoms with van der Waals surface area (Å²) >= 11 is 0.